The lowest BCUT2D eigenvalue weighted by Crippen LogP contribution is -2.46. The molecular formula is C16H15F2N3O2S. The van der Waals surface area contributed by atoms with Crippen LogP contribution in [-0.4, -0.2) is 18.1 Å². The van der Waals surface area contributed by atoms with Crippen molar-refractivity contribution in [3.05, 3.63) is 65.2 Å². The van der Waals surface area contributed by atoms with Crippen LogP contribution in [0.25, 0.3) is 0 Å². The normalized spacial score (nSPS) is 9.96. The highest BCUT2D eigenvalue weighted by atomic mass is 32.1. The molecule has 2 aromatic rings. The van der Waals surface area contributed by atoms with Gasteiger partial charge < -0.3 is 10.1 Å². The Morgan fingerprint density at radius 1 is 1.08 bits per heavy atom. The number of amides is 1. The van der Waals surface area contributed by atoms with Crippen molar-refractivity contribution in [3.8, 4) is 5.75 Å². The van der Waals surface area contributed by atoms with Gasteiger partial charge in [0.25, 0.3) is 5.91 Å². The Balaban J connectivity index is 1.80. The van der Waals surface area contributed by atoms with Crippen LogP contribution >= 0.6 is 12.2 Å². The Bertz CT molecular complexity index is 718. The van der Waals surface area contributed by atoms with Crippen molar-refractivity contribution in [2.45, 2.75) is 6.54 Å². The second kappa shape index (κ2) is 8.21. The fraction of sp³-hybridized carbons (Fsp3) is 0.125. The van der Waals surface area contributed by atoms with Crippen LogP contribution in [0.1, 0.15) is 15.9 Å². The van der Waals surface area contributed by atoms with E-state index < -0.39 is 17.5 Å². The molecule has 2 rings (SSSR count). The van der Waals surface area contributed by atoms with Crippen molar-refractivity contribution in [1.82, 2.24) is 16.2 Å². The van der Waals surface area contributed by atoms with E-state index >= 15 is 0 Å². The molecule has 0 radical (unpaired) electrons. The minimum absolute atomic E-state index is 0.155. The fourth-order valence-corrected chi connectivity index (χ4v) is 1.96. The van der Waals surface area contributed by atoms with Crippen molar-refractivity contribution in [2.75, 3.05) is 7.11 Å². The van der Waals surface area contributed by atoms with Crippen LogP contribution in [0.5, 0.6) is 5.75 Å². The zero-order valence-electron chi connectivity index (χ0n) is 12.7. The number of hydrazine groups is 1. The smallest absolute Gasteiger partial charge is 0.269 e. The molecule has 1 amide bonds. The summed E-state index contributed by atoms with van der Waals surface area (Å²) in [5.41, 5.74) is 5.53. The molecule has 8 heteroatoms. The Kier molecular flexibility index (Phi) is 6.02. The third kappa shape index (κ3) is 5.17. The Morgan fingerprint density at radius 3 is 2.29 bits per heavy atom. The molecule has 0 aliphatic carbocycles. The van der Waals surface area contributed by atoms with Crippen LogP contribution in [0.2, 0.25) is 0 Å². The highest BCUT2D eigenvalue weighted by Gasteiger charge is 2.09. The average Bonchev–Trinajstić information content (AvgIpc) is 2.57. The van der Waals surface area contributed by atoms with Gasteiger partial charge in [-0.2, -0.15) is 0 Å². The molecule has 0 unspecified atom stereocenters. The molecule has 0 saturated heterocycles. The summed E-state index contributed by atoms with van der Waals surface area (Å²) in [6, 6.07) is 9.89. The number of carbonyl (C=O) groups excluding carboxylic acids is 1. The molecule has 0 bridgehead atoms. The summed E-state index contributed by atoms with van der Waals surface area (Å²) >= 11 is 5.01. The minimum atomic E-state index is -0.833. The van der Waals surface area contributed by atoms with Gasteiger partial charge in [0.15, 0.2) is 5.11 Å². The largest absolute Gasteiger partial charge is 0.497 e. The number of thiocarbonyl (C=S) groups is 1. The van der Waals surface area contributed by atoms with Crippen LogP contribution in [0.15, 0.2) is 42.5 Å². The quantitative estimate of drug-likeness (QED) is 0.583. The first-order valence-corrected chi connectivity index (χ1v) is 7.32. The summed E-state index contributed by atoms with van der Waals surface area (Å²) in [5, 5.41) is 3.05. The highest BCUT2D eigenvalue weighted by molar-refractivity contribution is 7.80. The van der Waals surface area contributed by atoms with E-state index in [1.54, 1.807) is 7.11 Å². The van der Waals surface area contributed by atoms with Gasteiger partial charge in [-0.05, 0) is 42.0 Å². The maximum atomic E-state index is 13.1. The molecule has 0 heterocycles. The van der Waals surface area contributed by atoms with E-state index in [1.807, 2.05) is 24.3 Å². The van der Waals surface area contributed by atoms with Crippen LogP contribution < -0.4 is 20.9 Å². The molecule has 2 aromatic carbocycles. The predicted octanol–water partition coefficient (Wildman–Crippen LogP) is 2.28. The third-order valence-electron chi connectivity index (χ3n) is 3.03. The summed E-state index contributed by atoms with van der Waals surface area (Å²) in [4.78, 5) is 11.8. The lowest BCUT2D eigenvalue weighted by atomic mass is 10.2. The van der Waals surface area contributed by atoms with E-state index in [0.717, 1.165) is 23.4 Å². The Hall–Kier alpha value is -2.74. The first-order chi connectivity index (χ1) is 11.5. The lowest BCUT2D eigenvalue weighted by molar-refractivity contribution is 0.0942. The monoisotopic (exact) mass is 351 g/mol. The molecule has 5 nitrogen and oxygen atoms in total. The van der Waals surface area contributed by atoms with Gasteiger partial charge in [-0.15, -0.1) is 0 Å². The molecule has 0 spiro atoms. The number of rotatable bonds is 4. The standard InChI is InChI=1S/C16H15F2N3O2S/c1-23-14-4-2-10(3-5-14)9-19-16(24)21-20-15(22)11-6-12(17)8-13(18)7-11/h2-8H,9H2,1H3,(H,20,22)(H2,19,21,24). The van der Waals surface area contributed by atoms with Crippen LogP contribution in [0.4, 0.5) is 8.78 Å². The zero-order chi connectivity index (χ0) is 17.5. The van der Waals surface area contributed by atoms with Crippen molar-refractivity contribution >= 4 is 23.2 Å². The maximum absolute atomic E-state index is 13.1. The lowest BCUT2D eigenvalue weighted by Gasteiger charge is -2.12. The van der Waals surface area contributed by atoms with E-state index in [-0.39, 0.29) is 10.7 Å². The molecule has 0 fully saturated rings. The number of methoxy groups -OCH3 is 1. The SMILES string of the molecule is COc1ccc(CNC(=S)NNC(=O)c2cc(F)cc(F)c2)cc1. The molecule has 3 N–H and O–H groups in total. The number of nitrogens with one attached hydrogen (secondary N) is 3. The predicted molar refractivity (Wildman–Crippen MR) is 89.4 cm³/mol. The van der Waals surface area contributed by atoms with Gasteiger partial charge in [0.2, 0.25) is 0 Å². The van der Waals surface area contributed by atoms with E-state index in [4.69, 9.17) is 17.0 Å². The number of halogens is 2. The number of hydrogen-bond donors (Lipinski definition) is 3. The summed E-state index contributed by atoms with van der Waals surface area (Å²) in [6.45, 7) is 0.431. The van der Waals surface area contributed by atoms with Crippen LogP contribution in [-0.2, 0) is 6.54 Å². The Labute approximate surface area is 143 Å². The number of carbonyl (C=O) groups is 1. The van der Waals surface area contributed by atoms with E-state index in [0.29, 0.717) is 12.6 Å². The molecule has 0 aliphatic heterocycles. The second-order valence-electron chi connectivity index (χ2n) is 4.77. The van der Waals surface area contributed by atoms with Crippen LogP contribution in [0, 0.1) is 11.6 Å². The average molecular weight is 351 g/mol. The van der Waals surface area contributed by atoms with E-state index in [9.17, 15) is 13.6 Å². The molecule has 0 aromatic heterocycles. The highest BCUT2D eigenvalue weighted by Crippen LogP contribution is 2.11. The number of ether oxygens (including phenoxy) is 1. The topological polar surface area (TPSA) is 62.4 Å². The first-order valence-electron chi connectivity index (χ1n) is 6.91. The summed E-state index contributed by atoms with van der Waals surface area (Å²) in [7, 11) is 1.58. The first kappa shape index (κ1) is 17.6. The third-order valence-corrected chi connectivity index (χ3v) is 3.27. The molecule has 0 atom stereocenters. The molecule has 126 valence electrons. The molecule has 0 saturated carbocycles. The van der Waals surface area contributed by atoms with Gasteiger partial charge in [0.1, 0.15) is 17.4 Å². The molecular weight excluding hydrogens is 336 g/mol. The second-order valence-corrected chi connectivity index (χ2v) is 5.18. The van der Waals surface area contributed by atoms with E-state index in [2.05, 4.69) is 16.2 Å². The van der Waals surface area contributed by atoms with Gasteiger partial charge in [-0.25, -0.2) is 8.78 Å². The maximum Gasteiger partial charge on any atom is 0.269 e. The van der Waals surface area contributed by atoms with Crippen molar-refractivity contribution in [1.29, 1.82) is 0 Å². The van der Waals surface area contributed by atoms with Gasteiger partial charge in [0.05, 0.1) is 7.11 Å². The van der Waals surface area contributed by atoms with Gasteiger partial charge >= 0.3 is 0 Å². The minimum Gasteiger partial charge on any atom is -0.497 e. The van der Waals surface area contributed by atoms with Gasteiger partial charge in [-0.1, -0.05) is 12.1 Å². The molecule has 24 heavy (non-hydrogen) atoms. The van der Waals surface area contributed by atoms with Crippen molar-refractivity contribution in [3.63, 3.8) is 0 Å². The summed E-state index contributed by atoms with van der Waals surface area (Å²) in [5.74, 6) is -1.63. The molecule has 0 aliphatic rings. The summed E-state index contributed by atoms with van der Waals surface area (Å²) in [6.07, 6.45) is 0. The van der Waals surface area contributed by atoms with Crippen molar-refractivity contribution < 1.29 is 18.3 Å². The van der Waals surface area contributed by atoms with Gasteiger partial charge in [0, 0.05) is 18.2 Å². The van der Waals surface area contributed by atoms with Crippen molar-refractivity contribution in [2.24, 2.45) is 0 Å². The fourth-order valence-electron chi connectivity index (χ4n) is 1.84. The van der Waals surface area contributed by atoms with E-state index in [1.165, 1.54) is 0 Å². The van der Waals surface area contributed by atoms with Crippen LogP contribution in [0.3, 0.4) is 0 Å². The number of benzene rings is 2. The Morgan fingerprint density at radius 2 is 1.71 bits per heavy atom. The summed E-state index contributed by atoms with van der Waals surface area (Å²) < 4.78 is 31.2. The van der Waals surface area contributed by atoms with Gasteiger partial charge in [-0.3, -0.25) is 15.6 Å². The number of hydrogen-bond acceptors (Lipinski definition) is 3. The zero-order valence-corrected chi connectivity index (χ0v) is 13.5.